The number of nitrogens with zero attached hydrogens (tertiary/aromatic N) is 4. The van der Waals surface area contributed by atoms with E-state index in [2.05, 4.69) is 4.98 Å². The minimum Gasteiger partial charge on any atom is -0.376 e. The number of rotatable bonds is 5. The second kappa shape index (κ2) is 8.16. The molecule has 164 valence electrons. The zero-order valence-corrected chi connectivity index (χ0v) is 17.1. The Balaban J connectivity index is 1.74. The predicted molar refractivity (Wildman–Crippen MR) is 114 cm³/mol. The number of para-hydroxylation sites is 1. The van der Waals surface area contributed by atoms with Crippen molar-refractivity contribution in [3.8, 4) is 5.69 Å². The van der Waals surface area contributed by atoms with Crippen molar-refractivity contribution >= 4 is 11.2 Å². The van der Waals surface area contributed by atoms with E-state index >= 15 is 0 Å². The third kappa shape index (κ3) is 3.44. The molecule has 0 spiro atoms. The topological polar surface area (TPSA) is 71.0 Å². The van der Waals surface area contributed by atoms with Crippen LogP contribution in [0.15, 0.2) is 64.4 Å². The second-order valence-electron chi connectivity index (χ2n) is 7.75. The quantitative estimate of drug-likeness (QED) is 0.481. The molecule has 0 N–H and O–H groups in total. The molecule has 2 aromatic carbocycles. The molecule has 0 aliphatic carbocycles. The Morgan fingerprint density at radius 1 is 1.03 bits per heavy atom. The molecule has 1 aliphatic rings. The van der Waals surface area contributed by atoms with Crippen LogP contribution in [-0.4, -0.2) is 31.4 Å². The molecular formula is C23H20F2N4O3. The lowest BCUT2D eigenvalue weighted by atomic mass is 10.2. The summed E-state index contributed by atoms with van der Waals surface area (Å²) in [4.78, 5) is 31.1. The summed E-state index contributed by atoms with van der Waals surface area (Å²) in [6.45, 7) is 0.440. The minimum absolute atomic E-state index is 0.0918. The maximum Gasteiger partial charge on any atom is 0.337 e. The number of hydrogen-bond acceptors (Lipinski definition) is 4. The molecule has 5 rings (SSSR count). The average Bonchev–Trinajstić information content (AvgIpc) is 3.45. The van der Waals surface area contributed by atoms with Crippen LogP contribution in [0.2, 0.25) is 0 Å². The van der Waals surface area contributed by atoms with E-state index in [-0.39, 0.29) is 35.9 Å². The van der Waals surface area contributed by atoms with Crippen LogP contribution in [0.3, 0.4) is 0 Å². The Hall–Kier alpha value is -3.59. The van der Waals surface area contributed by atoms with Crippen LogP contribution in [0.4, 0.5) is 8.78 Å². The van der Waals surface area contributed by atoms with Crippen molar-refractivity contribution in [2.75, 3.05) is 6.61 Å². The zero-order chi connectivity index (χ0) is 22.2. The van der Waals surface area contributed by atoms with Crippen LogP contribution in [0.25, 0.3) is 16.9 Å². The van der Waals surface area contributed by atoms with Crippen molar-refractivity contribution in [2.45, 2.75) is 32.0 Å². The third-order valence-electron chi connectivity index (χ3n) is 5.71. The van der Waals surface area contributed by atoms with Gasteiger partial charge in [-0.15, -0.1) is 0 Å². The normalized spacial score (nSPS) is 16.1. The minimum atomic E-state index is -0.720. The van der Waals surface area contributed by atoms with E-state index in [0.717, 1.165) is 29.5 Å². The first kappa shape index (κ1) is 20.3. The van der Waals surface area contributed by atoms with Crippen molar-refractivity contribution in [3.63, 3.8) is 0 Å². The fraction of sp³-hybridized carbons (Fsp3) is 0.261. The molecule has 1 fully saturated rings. The average molecular weight is 438 g/mol. The van der Waals surface area contributed by atoms with Crippen molar-refractivity contribution < 1.29 is 13.5 Å². The smallest absolute Gasteiger partial charge is 0.337 e. The SMILES string of the molecule is O=c1c2c(ncn2Cc2c(F)cccc2F)n(-c2ccccc2)c(=O)n1C[C@@H]1CCCO1. The standard InChI is InChI=1S/C23H20F2N4O3/c24-18-9-4-10-19(25)17(18)13-27-14-26-21-20(27)22(30)28(12-16-8-5-11-32-16)23(31)29(21)15-6-2-1-3-7-15/h1-4,6-7,9-10,14,16H,5,8,11-13H2/t16-/m0/s1. The Kier molecular flexibility index (Phi) is 5.18. The van der Waals surface area contributed by atoms with Gasteiger partial charge < -0.3 is 9.30 Å². The number of aromatic nitrogens is 4. The molecule has 3 heterocycles. The molecule has 2 aromatic heterocycles. The molecular weight excluding hydrogens is 418 g/mol. The van der Waals surface area contributed by atoms with Gasteiger partial charge in [-0.3, -0.25) is 9.36 Å². The fourth-order valence-electron chi connectivity index (χ4n) is 4.12. The van der Waals surface area contributed by atoms with Crippen molar-refractivity contribution in [1.82, 2.24) is 18.7 Å². The summed E-state index contributed by atoms with van der Waals surface area (Å²) >= 11 is 0. The van der Waals surface area contributed by atoms with E-state index in [1.165, 1.54) is 21.5 Å². The van der Waals surface area contributed by atoms with Gasteiger partial charge in [-0.1, -0.05) is 24.3 Å². The molecule has 0 amide bonds. The lowest BCUT2D eigenvalue weighted by molar-refractivity contribution is 0.0950. The predicted octanol–water partition coefficient (Wildman–Crippen LogP) is 2.85. The Morgan fingerprint density at radius 2 is 1.78 bits per heavy atom. The van der Waals surface area contributed by atoms with Crippen molar-refractivity contribution in [2.24, 2.45) is 0 Å². The number of benzene rings is 2. The largest absolute Gasteiger partial charge is 0.376 e. The molecule has 1 saturated heterocycles. The van der Waals surface area contributed by atoms with Gasteiger partial charge in [0.15, 0.2) is 11.2 Å². The molecule has 7 nitrogen and oxygen atoms in total. The summed E-state index contributed by atoms with van der Waals surface area (Å²) < 4.78 is 38.0. The lowest BCUT2D eigenvalue weighted by Crippen LogP contribution is -2.42. The van der Waals surface area contributed by atoms with Crippen LogP contribution < -0.4 is 11.2 Å². The highest BCUT2D eigenvalue weighted by Crippen LogP contribution is 2.19. The lowest BCUT2D eigenvalue weighted by Gasteiger charge is -2.15. The molecule has 0 radical (unpaired) electrons. The summed E-state index contributed by atoms with van der Waals surface area (Å²) in [7, 11) is 0. The second-order valence-corrected chi connectivity index (χ2v) is 7.75. The van der Waals surface area contributed by atoms with Crippen molar-refractivity contribution in [3.05, 3.63) is 92.9 Å². The van der Waals surface area contributed by atoms with Gasteiger partial charge in [0.05, 0.1) is 31.2 Å². The molecule has 0 unspecified atom stereocenters. The molecule has 9 heteroatoms. The first-order chi connectivity index (χ1) is 15.5. The van der Waals surface area contributed by atoms with Crippen molar-refractivity contribution in [1.29, 1.82) is 0 Å². The summed E-state index contributed by atoms with van der Waals surface area (Å²) in [6, 6.07) is 12.4. The van der Waals surface area contributed by atoms with Gasteiger partial charge in [0.2, 0.25) is 0 Å². The highest BCUT2D eigenvalue weighted by molar-refractivity contribution is 5.72. The van der Waals surface area contributed by atoms with Gasteiger partial charge in [-0.05, 0) is 37.1 Å². The number of imidazole rings is 1. The first-order valence-electron chi connectivity index (χ1n) is 10.3. The van der Waals surface area contributed by atoms with E-state index in [9.17, 15) is 18.4 Å². The van der Waals surface area contributed by atoms with Gasteiger partial charge in [0.25, 0.3) is 5.56 Å². The Morgan fingerprint density at radius 3 is 2.47 bits per heavy atom. The monoisotopic (exact) mass is 438 g/mol. The molecule has 4 aromatic rings. The highest BCUT2D eigenvalue weighted by Gasteiger charge is 2.24. The van der Waals surface area contributed by atoms with Crippen LogP contribution in [0.1, 0.15) is 18.4 Å². The zero-order valence-electron chi connectivity index (χ0n) is 17.1. The molecule has 0 bridgehead atoms. The summed E-state index contributed by atoms with van der Waals surface area (Å²) in [6.07, 6.45) is 2.68. The summed E-state index contributed by atoms with van der Waals surface area (Å²) in [5.41, 5.74) is -0.533. The molecule has 1 atom stereocenters. The first-order valence-corrected chi connectivity index (χ1v) is 10.3. The fourth-order valence-corrected chi connectivity index (χ4v) is 4.12. The Labute approximate surface area is 181 Å². The maximum absolute atomic E-state index is 14.3. The van der Waals surface area contributed by atoms with Crippen LogP contribution in [0.5, 0.6) is 0 Å². The molecule has 0 saturated carbocycles. The summed E-state index contributed by atoms with van der Waals surface area (Å²) in [5.74, 6) is -1.44. The number of hydrogen-bond donors (Lipinski definition) is 0. The Bertz CT molecular complexity index is 1380. The number of fused-ring (bicyclic) bond motifs is 1. The van der Waals surface area contributed by atoms with Crippen LogP contribution in [0, 0.1) is 11.6 Å². The molecule has 32 heavy (non-hydrogen) atoms. The van der Waals surface area contributed by atoms with E-state index in [1.54, 1.807) is 24.3 Å². The van der Waals surface area contributed by atoms with Gasteiger partial charge in [-0.2, -0.15) is 0 Å². The number of ether oxygens (including phenoxy) is 1. The highest BCUT2D eigenvalue weighted by atomic mass is 19.1. The maximum atomic E-state index is 14.3. The number of halogens is 2. The van der Waals surface area contributed by atoms with E-state index < -0.39 is 22.9 Å². The van der Waals surface area contributed by atoms with Gasteiger partial charge >= 0.3 is 5.69 Å². The third-order valence-corrected chi connectivity index (χ3v) is 5.71. The molecule has 1 aliphatic heterocycles. The van der Waals surface area contributed by atoms with Crippen LogP contribution in [-0.2, 0) is 17.8 Å². The van der Waals surface area contributed by atoms with E-state index in [0.29, 0.717) is 12.3 Å². The van der Waals surface area contributed by atoms with Gasteiger partial charge in [0.1, 0.15) is 11.6 Å². The van der Waals surface area contributed by atoms with E-state index in [4.69, 9.17) is 4.74 Å². The summed E-state index contributed by atoms with van der Waals surface area (Å²) in [5, 5.41) is 0. The van der Waals surface area contributed by atoms with E-state index in [1.807, 2.05) is 6.07 Å². The van der Waals surface area contributed by atoms with Crippen LogP contribution >= 0.6 is 0 Å². The van der Waals surface area contributed by atoms with Gasteiger partial charge in [-0.25, -0.2) is 23.1 Å². The van der Waals surface area contributed by atoms with Gasteiger partial charge in [0, 0.05) is 12.2 Å².